The molecule has 0 aliphatic heterocycles. The maximum Gasteiger partial charge on any atom is 0.0446 e. The summed E-state index contributed by atoms with van der Waals surface area (Å²) < 4.78 is 2.08. The minimum atomic E-state index is 1.21. The lowest BCUT2D eigenvalue weighted by atomic mass is 10.4. The summed E-state index contributed by atoms with van der Waals surface area (Å²) in [5, 5.41) is 0. The van der Waals surface area contributed by atoms with Crippen LogP contribution in [-0.4, -0.2) is 4.57 Å². The van der Waals surface area contributed by atoms with Crippen molar-refractivity contribution in [2.24, 2.45) is 0 Å². The van der Waals surface area contributed by atoms with Crippen LogP contribution in [0.25, 0.3) is 12.3 Å². The Hall–Kier alpha value is -1.24. The maximum atomic E-state index is 2.08. The molecule has 1 aromatic heterocycles. The predicted molar refractivity (Wildman–Crippen MR) is 72.8 cm³/mol. The monoisotopic (exact) mass is 207 g/mol. The Morgan fingerprint density at radius 2 is 1.60 bits per heavy atom. The SMILES string of the molecule is C/C=C\c1cccn1/C=C\C.CC.CC. The highest BCUT2D eigenvalue weighted by molar-refractivity contribution is 5.49. The van der Waals surface area contributed by atoms with Crippen LogP contribution >= 0.6 is 0 Å². The molecule has 0 saturated carbocycles. The molecule has 1 heteroatoms. The van der Waals surface area contributed by atoms with E-state index in [9.17, 15) is 0 Å². The van der Waals surface area contributed by atoms with E-state index in [2.05, 4.69) is 16.7 Å². The van der Waals surface area contributed by atoms with Gasteiger partial charge in [-0.2, -0.15) is 0 Å². The smallest absolute Gasteiger partial charge is 0.0446 e. The Kier molecular flexibility index (Phi) is 13.8. The summed E-state index contributed by atoms with van der Waals surface area (Å²) >= 11 is 0. The third kappa shape index (κ3) is 6.78. The van der Waals surface area contributed by atoms with Crippen molar-refractivity contribution >= 4 is 12.3 Å². The van der Waals surface area contributed by atoms with Crippen molar-refractivity contribution in [2.45, 2.75) is 41.5 Å². The van der Waals surface area contributed by atoms with E-state index in [1.54, 1.807) is 0 Å². The van der Waals surface area contributed by atoms with Gasteiger partial charge in [0.05, 0.1) is 0 Å². The first kappa shape index (κ1) is 16.2. The zero-order valence-electron chi connectivity index (χ0n) is 11.0. The molecule has 1 aromatic rings. The third-order valence-corrected chi connectivity index (χ3v) is 1.46. The molecule has 0 aliphatic carbocycles. The van der Waals surface area contributed by atoms with Crippen molar-refractivity contribution in [3.8, 4) is 0 Å². The summed E-state index contributed by atoms with van der Waals surface area (Å²) in [5.41, 5.74) is 1.21. The predicted octanol–water partition coefficient (Wildman–Crippen LogP) is 5.06. The quantitative estimate of drug-likeness (QED) is 0.638. The Morgan fingerprint density at radius 3 is 2.07 bits per heavy atom. The number of hydrogen-bond donors (Lipinski definition) is 0. The van der Waals surface area contributed by atoms with Crippen LogP contribution in [0, 0.1) is 0 Å². The van der Waals surface area contributed by atoms with Gasteiger partial charge < -0.3 is 4.57 Å². The average Bonchev–Trinajstić information content (AvgIpc) is 2.73. The van der Waals surface area contributed by atoms with E-state index < -0.39 is 0 Å². The maximum absolute atomic E-state index is 2.08. The number of aromatic nitrogens is 1. The summed E-state index contributed by atoms with van der Waals surface area (Å²) in [6.07, 6.45) is 10.2. The van der Waals surface area contributed by atoms with Crippen molar-refractivity contribution in [1.82, 2.24) is 4.57 Å². The number of nitrogens with zero attached hydrogens (tertiary/aromatic N) is 1. The normalized spacial score (nSPS) is 9.47. The van der Waals surface area contributed by atoms with Crippen LogP contribution in [0.5, 0.6) is 0 Å². The Bertz CT molecular complexity index is 240. The van der Waals surface area contributed by atoms with Crippen LogP contribution in [0.1, 0.15) is 47.2 Å². The number of rotatable bonds is 2. The van der Waals surface area contributed by atoms with Crippen LogP contribution in [0.4, 0.5) is 0 Å². The van der Waals surface area contributed by atoms with Crippen molar-refractivity contribution in [3.63, 3.8) is 0 Å². The second kappa shape index (κ2) is 12.8. The fourth-order valence-electron chi connectivity index (χ4n) is 1.02. The van der Waals surface area contributed by atoms with Crippen LogP contribution in [-0.2, 0) is 0 Å². The van der Waals surface area contributed by atoms with Gasteiger partial charge in [-0.15, -0.1) is 0 Å². The minimum absolute atomic E-state index is 1.21. The molecule has 0 saturated heterocycles. The Morgan fingerprint density at radius 1 is 1.00 bits per heavy atom. The Balaban J connectivity index is 0. The van der Waals surface area contributed by atoms with Crippen molar-refractivity contribution in [3.05, 3.63) is 36.2 Å². The van der Waals surface area contributed by atoms with Crippen molar-refractivity contribution in [2.75, 3.05) is 0 Å². The first-order valence-electron chi connectivity index (χ1n) is 5.81. The lowest BCUT2D eigenvalue weighted by Gasteiger charge is -1.96. The molecule has 0 aromatic carbocycles. The van der Waals surface area contributed by atoms with Gasteiger partial charge in [0.1, 0.15) is 0 Å². The molecule has 0 N–H and O–H groups in total. The molecule has 0 aliphatic rings. The molecule has 0 spiro atoms. The molecule has 0 atom stereocenters. The van der Waals surface area contributed by atoms with Crippen LogP contribution in [0.2, 0.25) is 0 Å². The summed E-state index contributed by atoms with van der Waals surface area (Å²) in [6, 6.07) is 4.12. The van der Waals surface area contributed by atoms with E-state index in [0.717, 1.165) is 0 Å². The topological polar surface area (TPSA) is 4.93 Å². The van der Waals surface area contributed by atoms with E-state index in [4.69, 9.17) is 0 Å². The van der Waals surface area contributed by atoms with Gasteiger partial charge in [-0.1, -0.05) is 39.8 Å². The molecule has 15 heavy (non-hydrogen) atoms. The lowest BCUT2D eigenvalue weighted by molar-refractivity contribution is 1.14. The molecule has 1 nitrogen and oxygen atoms in total. The molecule has 86 valence electrons. The average molecular weight is 207 g/mol. The number of allylic oxidation sites excluding steroid dienone is 2. The van der Waals surface area contributed by atoms with E-state index in [1.165, 1.54) is 5.69 Å². The summed E-state index contributed by atoms with van der Waals surface area (Å²) in [5.74, 6) is 0. The highest BCUT2D eigenvalue weighted by Gasteiger charge is 1.89. The summed E-state index contributed by atoms with van der Waals surface area (Å²) in [7, 11) is 0. The second-order valence-corrected chi connectivity index (χ2v) is 2.32. The third-order valence-electron chi connectivity index (χ3n) is 1.46. The van der Waals surface area contributed by atoms with E-state index in [0.29, 0.717) is 0 Å². The highest BCUT2D eigenvalue weighted by atomic mass is 14.9. The fraction of sp³-hybridized carbons (Fsp3) is 0.429. The zero-order valence-corrected chi connectivity index (χ0v) is 11.0. The molecule has 0 fully saturated rings. The minimum Gasteiger partial charge on any atom is -0.324 e. The Labute approximate surface area is 95.1 Å². The highest BCUT2D eigenvalue weighted by Crippen LogP contribution is 2.04. The van der Waals surface area contributed by atoms with E-state index >= 15 is 0 Å². The largest absolute Gasteiger partial charge is 0.324 e. The van der Waals surface area contributed by atoms with Crippen molar-refractivity contribution < 1.29 is 0 Å². The molecule has 1 rings (SSSR count). The van der Waals surface area contributed by atoms with Crippen LogP contribution < -0.4 is 0 Å². The molecular formula is C14H25N. The van der Waals surface area contributed by atoms with Gasteiger partial charge in [-0.25, -0.2) is 0 Å². The van der Waals surface area contributed by atoms with Gasteiger partial charge in [0, 0.05) is 18.1 Å². The van der Waals surface area contributed by atoms with E-state index in [-0.39, 0.29) is 0 Å². The molecule has 1 heterocycles. The van der Waals surface area contributed by atoms with Gasteiger partial charge in [-0.05, 0) is 32.1 Å². The zero-order chi connectivity index (χ0) is 12.1. The van der Waals surface area contributed by atoms with Crippen molar-refractivity contribution in [1.29, 1.82) is 0 Å². The second-order valence-electron chi connectivity index (χ2n) is 2.32. The molecule has 0 radical (unpaired) electrons. The van der Waals surface area contributed by atoms with Gasteiger partial charge in [0.2, 0.25) is 0 Å². The molecule has 0 amide bonds. The van der Waals surface area contributed by atoms with Gasteiger partial charge >= 0.3 is 0 Å². The summed E-state index contributed by atoms with van der Waals surface area (Å²) in [4.78, 5) is 0. The first-order chi connectivity index (χ1) is 7.38. The number of hydrogen-bond acceptors (Lipinski definition) is 0. The van der Waals surface area contributed by atoms with E-state index in [1.807, 2.05) is 72.2 Å². The van der Waals surface area contributed by atoms with Gasteiger partial charge in [0.25, 0.3) is 0 Å². The lowest BCUT2D eigenvalue weighted by Crippen LogP contribution is -1.84. The van der Waals surface area contributed by atoms with Crippen LogP contribution in [0.15, 0.2) is 30.5 Å². The molecular weight excluding hydrogens is 182 g/mol. The first-order valence-corrected chi connectivity index (χ1v) is 5.81. The molecule has 0 bridgehead atoms. The summed E-state index contributed by atoms with van der Waals surface area (Å²) in [6.45, 7) is 12.0. The van der Waals surface area contributed by atoms with Gasteiger partial charge in [0.15, 0.2) is 0 Å². The van der Waals surface area contributed by atoms with Gasteiger partial charge in [-0.3, -0.25) is 0 Å². The fourth-order valence-corrected chi connectivity index (χ4v) is 1.02. The molecule has 0 unspecified atom stereocenters. The standard InChI is InChI=1S/C10H13N.2C2H6/c1-3-6-10-7-5-9-11(10)8-4-2;2*1-2/h3-9H,1-2H3;2*1-2H3/b6-3-,8-4-;;. The van der Waals surface area contributed by atoms with Crippen LogP contribution in [0.3, 0.4) is 0 Å².